The Bertz CT molecular complexity index is 1580. The van der Waals surface area contributed by atoms with Gasteiger partial charge in [0.1, 0.15) is 6.61 Å². The average Bonchev–Trinajstić information content (AvgIpc) is 3.31. The van der Waals surface area contributed by atoms with E-state index in [0.29, 0.717) is 19.3 Å². The minimum Gasteiger partial charge on any atom is -0.477 e. The molecule has 0 saturated heterocycles. The lowest BCUT2D eigenvalue weighted by atomic mass is 10.1. The molecular weight excluding hydrogens is 859 g/mol. The number of ether oxygens (including phenoxy) is 3. The Morgan fingerprint density at radius 3 is 1.14 bits per heavy atom. The van der Waals surface area contributed by atoms with Crippen LogP contribution in [0.3, 0.4) is 0 Å². The van der Waals surface area contributed by atoms with Crippen LogP contribution in [-0.2, 0) is 28.6 Å². The van der Waals surface area contributed by atoms with Gasteiger partial charge in [0, 0.05) is 19.3 Å². The maximum atomic E-state index is 12.8. The lowest BCUT2D eigenvalue weighted by molar-refractivity contribution is -0.887. The molecule has 388 valence electrons. The fourth-order valence-corrected chi connectivity index (χ4v) is 7.00. The van der Waals surface area contributed by atoms with Crippen molar-refractivity contribution in [2.45, 2.75) is 193 Å². The molecule has 0 amide bonds. The predicted molar refractivity (Wildman–Crippen MR) is 293 cm³/mol. The van der Waals surface area contributed by atoms with Gasteiger partial charge in [-0.15, -0.1) is 0 Å². The van der Waals surface area contributed by atoms with Crippen LogP contribution in [0.15, 0.2) is 134 Å². The Kier molecular flexibility index (Phi) is 46.6. The van der Waals surface area contributed by atoms with Crippen LogP contribution in [-0.4, -0.2) is 80.6 Å². The van der Waals surface area contributed by atoms with E-state index in [2.05, 4.69) is 148 Å². The molecule has 0 spiro atoms. The number of allylic oxidation sites excluding steroid dienone is 22. The van der Waals surface area contributed by atoms with Crippen LogP contribution in [0, 0.1) is 0 Å². The zero-order valence-electron chi connectivity index (χ0n) is 44.2. The van der Waals surface area contributed by atoms with Gasteiger partial charge in [-0.1, -0.05) is 186 Å². The molecule has 0 radical (unpaired) electrons. The Labute approximate surface area is 422 Å². The molecular formula is C61H98NO7+. The van der Waals surface area contributed by atoms with E-state index in [9.17, 15) is 19.5 Å². The summed E-state index contributed by atoms with van der Waals surface area (Å²) in [6.45, 7) is 4.45. The van der Waals surface area contributed by atoms with Crippen LogP contribution in [0.2, 0.25) is 0 Å². The zero-order chi connectivity index (χ0) is 50.6. The van der Waals surface area contributed by atoms with Crippen LogP contribution in [0.25, 0.3) is 0 Å². The molecule has 0 aliphatic carbocycles. The van der Waals surface area contributed by atoms with Crippen molar-refractivity contribution in [3.8, 4) is 0 Å². The van der Waals surface area contributed by atoms with Crippen molar-refractivity contribution >= 4 is 17.9 Å². The summed E-state index contributed by atoms with van der Waals surface area (Å²) in [5.74, 6) is -1.54. The maximum absolute atomic E-state index is 12.8. The Morgan fingerprint density at radius 2 is 0.768 bits per heavy atom. The van der Waals surface area contributed by atoms with E-state index in [0.717, 1.165) is 122 Å². The number of carboxylic acids is 1. The largest absolute Gasteiger partial charge is 0.477 e. The number of hydrogen-bond acceptors (Lipinski definition) is 6. The van der Waals surface area contributed by atoms with Crippen molar-refractivity contribution in [2.75, 3.05) is 41.0 Å². The molecule has 0 fully saturated rings. The summed E-state index contributed by atoms with van der Waals surface area (Å²) in [4.78, 5) is 37.2. The highest BCUT2D eigenvalue weighted by Gasteiger charge is 2.31. The van der Waals surface area contributed by atoms with E-state index >= 15 is 0 Å². The summed E-state index contributed by atoms with van der Waals surface area (Å²) < 4.78 is 17.3. The number of hydrogen-bond donors (Lipinski definition) is 1. The molecule has 0 aromatic rings. The second kappa shape index (κ2) is 49.9. The SMILES string of the molecule is CC/C=C/C/C=C/C/C=C/C/C=C/C/C=C/C/C=C/CCCCCC(=O)OC(COCCC(C(=O)O)[N+](C)(C)C)COC(=O)CCCCCCCCC/C=C/C/C=C/C/C=C/C/C=C/C/C=C/CC. The number of carboxylic acid groups (broad SMARTS) is 1. The van der Waals surface area contributed by atoms with Crippen LogP contribution < -0.4 is 0 Å². The Morgan fingerprint density at radius 1 is 0.435 bits per heavy atom. The van der Waals surface area contributed by atoms with Gasteiger partial charge in [0.2, 0.25) is 0 Å². The highest BCUT2D eigenvalue weighted by atomic mass is 16.6. The molecule has 0 saturated carbocycles. The first-order valence-corrected chi connectivity index (χ1v) is 26.7. The molecule has 0 aromatic carbocycles. The van der Waals surface area contributed by atoms with Crippen LogP contribution in [0.5, 0.6) is 0 Å². The monoisotopic (exact) mass is 957 g/mol. The van der Waals surface area contributed by atoms with Gasteiger partial charge < -0.3 is 23.8 Å². The van der Waals surface area contributed by atoms with E-state index in [-0.39, 0.29) is 42.7 Å². The molecule has 8 heteroatoms. The predicted octanol–water partition coefficient (Wildman–Crippen LogP) is 15.9. The normalized spacial score (nSPS) is 13.9. The first-order chi connectivity index (χ1) is 33.6. The highest BCUT2D eigenvalue weighted by Crippen LogP contribution is 2.13. The standard InChI is InChI=1S/C61H97NO7/c1-6-8-10-12-14-16-18-20-22-24-26-28-30-32-33-35-37-39-41-43-45-47-49-51-59(63)68-56-57(55-67-54-53-58(61(65)66)62(3,4)5)69-60(64)52-50-48-46-44-42-40-38-36-34-31-29-27-25-23-21-19-17-15-13-11-9-7-2/h8-11,14-17,20-23,26-29,32-34,36,40,42,57-58H,6-7,12-13,18-19,24-25,30-31,35,37-39,41,43-56H2,1-5H3/p+1/b10-8+,11-9+,16-14+,17-15+,22-20+,23-21+,28-26+,29-27+,33-32+,36-34+,42-40+. The first kappa shape index (κ1) is 64.5. The average molecular weight is 957 g/mol. The number of rotatable bonds is 46. The third-order valence-electron chi connectivity index (χ3n) is 11.0. The lowest BCUT2D eigenvalue weighted by Crippen LogP contribution is -2.50. The van der Waals surface area contributed by atoms with Crippen molar-refractivity contribution in [1.29, 1.82) is 0 Å². The summed E-state index contributed by atoms with van der Waals surface area (Å²) in [5.41, 5.74) is 0. The molecule has 0 aliphatic heterocycles. The second-order valence-electron chi connectivity index (χ2n) is 18.4. The minimum atomic E-state index is -0.888. The third kappa shape index (κ3) is 48.3. The van der Waals surface area contributed by atoms with E-state index in [1.807, 2.05) is 21.1 Å². The van der Waals surface area contributed by atoms with Gasteiger partial charge in [-0.3, -0.25) is 9.59 Å². The molecule has 0 bridgehead atoms. The summed E-state index contributed by atoms with van der Waals surface area (Å²) in [6.07, 6.45) is 72.2. The quantitative estimate of drug-likeness (QED) is 0.0281. The summed E-state index contributed by atoms with van der Waals surface area (Å²) in [6, 6.07) is -0.633. The zero-order valence-corrected chi connectivity index (χ0v) is 44.2. The molecule has 0 heterocycles. The van der Waals surface area contributed by atoms with Crippen molar-refractivity contribution < 1.29 is 38.2 Å². The van der Waals surface area contributed by atoms with Gasteiger partial charge in [-0.05, 0) is 109 Å². The van der Waals surface area contributed by atoms with Gasteiger partial charge in [0.05, 0.1) is 34.4 Å². The number of nitrogens with zero attached hydrogens (tertiary/aromatic N) is 1. The van der Waals surface area contributed by atoms with Gasteiger partial charge in [-0.25, -0.2) is 4.79 Å². The fourth-order valence-electron chi connectivity index (χ4n) is 7.00. The minimum absolute atomic E-state index is 0.0340. The van der Waals surface area contributed by atoms with Crippen molar-refractivity contribution in [1.82, 2.24) is 0 Å². The number of likely N-dealkylation sites (N-methyl/N-ethyl adjacent to an activating group) is 1. The van der Waals surface area contributed by atoms with Crippen LogP contribution >= 0.6 is 0 Å². The van der Waals surface area contributed by atoms with Crippen molar-refractivity contribution in [3.05, 3.63) is 134 Å². The topological polar surface area (TPSA) is 99.1 Å². The van der Waals surface area contributed by atoms with Gasteiger partial charge in [0.25, 0.3) is 0 Å². The number of carbonyl (C=O) groups is 3. The summed E-state index contributed by atoms with van der Waals surface area (Å²) in [5, 5.41) is 9.67. The smallest absolute Gasteiger partial charge is 0.362 e. The highest BCUT2D eigenvalue weighted by molar-refractivity contribution is 5.72. The van der Waals surface area contributed by atoms with E-state index in [1.54, 1.807) is 0 Å². The molecule has 0 aromatic heterocycles. The van der Waals surface area contributed by atoms with Crippen molar-refractivity contribution in [2.24, 2.45) is 0 Å². The molecule has 8 nitrogen and oxygen atoms in total. The molecule has 2 atom stereocenters. The van der Waals surface area contributed by atoms with Crippen LogP contribution in [0.1, 0.15) is 181 Å². The molecule has 0 rings (SSSR count). The lowest BCUT2D eigenvalue weighted by Gasteiger charge is -2.31. The Balaban J connectivity index is 4.35. The van der Waals surface area contributed by atoms with E-state index in [4.69, 9.17) is 14.2 Å². The number of aliphatic carboxylic acids is 1. The number of esters is 2. The number of unbranched alkanes of at least 4 members (excludes halogenated alkanes) is 10. The van der Waals surface area contributed by atoms with Crippen LogP contribution in [0.4, 0.5) is 0 Å². The third-order valence-corrected chi connectivity index (χ3v) is 11.0. The van der Waals surface area contributed by atoms with E-state index in [1.165, 1.54) is 19.3 Å². The molecule has 0 aliphatic rings. The van der Waals surface area contributed by atoms with E-state index < -0.39 is 18.1 Å². The van der Waals surface area contributed by atoms with Gasteiger partial charge in [0.15, 0.2) is 12.1 Å². The molecule has 2 unspecified atom stereocenters. The molecule has 1 N–H and O–H groups in total. The fraction of sp³-hybridized carbons (Fsp3) is 0.590. The number of carbonyl (C=O) groups excluding carboxylic acids is 2. The van der Waals surface area contributed by atoms with Crippen molar-refractivity contribution in [3.63, 3.8) is 0 Å². The maximum Gasteiger partial charge on any atom is 0.362 e. The van der Waals surface area contributed by atoms with Gasteiger partial charge >= 0.3 is 17.9 Å². The second-order valence-corrected chi connectivity index (χ2v) is 18.4. The number of quaternary nitrogens is 1. The summed E-state index contributed by atoms with van der Waals surface area (Å²) >= 11 is 0. The first-order valence-electron chi connectivity index (χ1n) is 26.7. The van der Waals surface area contributed by atoms with Gasteiger partial charge in [-0.2, -0.15) is 0 Å². The Hall–Kier alpha value is -4.53. The molecule has 69 heavy (non-hydrogen) atoms. The summed E-state index contributed by atoms with van der Waals surface area (Å²) in [7, 11) is 5.51.